The number of β-amino-alcohol motifs (C(OH)–C–C–N with tert-alkyl or cyclic N) is 1. The van der Waals surface area contributed by atoms with Gasteiger partial charge in [-0.15, -0.1) is 0 Å². The third-order valence-electron chi connectivity index (χ3n) is 4.41. The summed E-state index contributed by atoms with van der Waals surface area (Å²) in [5.41, 5.74) is 1.93. The van der Waals surface area contributed by atoms with Crippen molar-refractivity contribution in [1.29, 1.82) is 5.26 Å². The van der Waals surface area contributed by atoms with Crippen molar-refractivity contribution in [2.24, 2.45) is 0 Å². The maximum Gasteiger partial charge on any atom is 0.127 e. The van der Waals surface area contributed by atoms with E-state index < -0.39 is 6.10 Å². The van der Waals surface area contributed by atoms with Crippen LogP contribution < -0.4 is 4.74 Å². The van der Waals surface area contributed by atoms with Gasteiger partial charge in [0.15, 0.2) is 0 Å². The van der Waals surface area contributed by atoms with E-state index >= 15 is 0 Å². The predicted molar refractivity (Wildman–Crippen MR) is 87.9 cm³/mol. The van der Waals surface area contributed by atoms with Crippen LogP contribution in [-0.2, 0) is 6.54 Å². The van der Waals surface area contributed by atoms with E-state index in [1.165, 1.54) is 12.1 Å². The van der Waals surface area contributed by atoms with Gasteiger partial charge in [0.2, 0.25) is 0 Å². The highest BCUT2D eigenvalue weighted by molar-refractivity contribution is 5.35. The normalized spacial score (nSPS) is 20.8. The molecule has 1 fully saturated rings. The average molecular weight is 326 g/mol. The number of ether oxygens (including phenoxy) is 1. The lowest BCUT2D eigenvalue weighted by Crippen LogP contribution is -2.25. The highest BCUT2D eigenvalue weighted by Gasteiger charge is 2.32. The number of nitriles is 1. The summed E-state index contributed by atoms with van der Waals surface area (Å²) in [6, 6.07) is 14.1. The Morgan fingerprint density at radius 2 is 2.17 bits per heavy atom. The zero-order valence-corrected chi connectivity index (χ0v) is 13.4. The summed E-state index contributed by atoms with van der Waals surface area (Å²) in [7, 11) is 1.61. The molecular weight excluding hydrogens is 307 g/mol. The summed E-state index contributed by atoms with van der Waals surface area (Å²) >= 11 is 0. The van der Waals surface area contributed by atoms with E-state index in [-0.39, 0.29) is 11.9 Å². The third-order valence-corrected chi connectivity index (χ3v) is 4.41. The van der Waals surface area contributed by atoms with Gasteiger partial charge in [0, 0.05) is 24.7 Å². The molecule has 0 spiro atoms. The molecule has 0 radical (unpaired) electrons. The lowest BCUT2D eigenvalue weighted by atomic mass is 10.0. The molecule has 0 saturated carbocycles. The van der Waals surface area contributed by atoms with E-state index in [4.69, 9.17) is 10.00 Å². The number of nitrogens with zero attached hydrogens (tertiary/aromatic N) is 2. The smallest absolute Gasteiger partial charge is 0.127 e. The lowest BCUT2D eigenvalue weighted by Gasteiger charge is -2.25. The molecule has 2 atom stereocenters. The number of aliphatic hydroxyl groups excluding tert-OH is 1. The SMILES string of the molecule is COc1cccc([C@H]2C[C@H](O)CN2Cc2cc(C#N)ccc2F)c1. The van der Waals surface area contributed by atoms with Crippen molar-refractivity contribution in [2.75, 3.05) is 13.7 Å². The molecule has 2 aromatic carbocycles. The molecule has 1 aliphatic heterocycles. The first-order valence-electron chi connectivity index (χ1n) is 7.85. The van der Waals surface area contributed by atoms with Crippen molar-refractivity contribution in [2.45, 2.75) is 25.1 Å². The number of methoxy groups -OCH3 is 1. The highest BCUT2D eigenvalue weighted by Crippen LogP contribution is 2.35. The predicted octanol–water partition coefficient (Wildman–Crippen LogP) is 3.01. The Morgan fingerprint density at radius 1 is 1.33 bits per heavy atom. The zero-order valence-electron chi connectivity index (χ0n) is 13.4. The Bertz CT molecular complexity index is 772. The van der Waals surface area contributed by atoms with Gasteiger partial charge in [-0.3, -0.25) is 4.90 Å². The number of halogens is 1. The summed E-state index contributed by atoms with van der Waals surface area (Å²) in [5.74, 6) is 0.422. The largest absolute Gasteiger partial charge is 0.497 e. The molecule has 2 aromatic rings. The van der Waals surface area contributed by atoms with Crippen LogP contribution >= 0.6 is 0 Å². The molecule has 1 heterocycles. The lowest BCUT2D eigenvalue weighted by molar-refractivity contribution is 0.172. The van der Waals surface area contributed by atoms with E-state index in [0.717, 1.165) is 11.3 Å². The molecular formula is C19H19FN2O2. The third kappa shape index (κ3) is 3.40. The molecule has 3 rings (SSSR count). The Hall–Kier alpha value is -2.42. The van der Waals surface area contributed by atoms with E-state index in [0.29, 0.717) is 30.6 Å². The van der Waals surface area contributed by atoms with E-state index in [1.54, 1.807) is 13.2 Å². The number of aliphatic hydroxyl groups is 1. The first-order valence-corrected chi connectivity index (χ1v) is 7.85. The van der Waals surface area contributed by atoms with Crippen molar-refractivity contribution in [3.63, 3.8) is 0 Å². The molecule has 0 bridgehead atoms. The van der Waals surface area contributed by atoms with Gasteiger partial charge in [0.05, 0.1) is 24.8 Å². The first-order chi connectivity index (χ1) is 11.6. The molecule has 0 aliphatic carbocycles. The number of rotatable bonds is 4. The van der Waals surface area contributed by atoms with Crippen molar-refractivity contribution in [3.05, 3.63) is 65.0 Å². The monoisotopic (exact) mass is 326 g/mol. The minimum atomic E-state index is -0.455. The maximum atomic E-state index is 14.1. The summed E-state index contributed by atoms with van der Waals surface area (Å²) in [6.07, 6.45) is 0.135. The number of hydrogen-bond donors (Lipinski definition) is 1. The van der Waals surface area contributed by atoms with Gasteiger partial charge >= 0.3 is 0 Å². The summed E-state index contributed by atoms with van der Waals surface area (Å²) in [6.45, 7) is 0.818. The Balaban J connectivity index is 1.87. The minimum Gasteiger partial charge on any atom is -0.497 e. The van der Waals surface area contributed by atoms with Gasteiger partial charge in [-0.1, -0.05) is 12.1 Å². The number of likely N-dealkylation sites (tertiary alicyclic amines) is 1. The van der Waals surface area contributed by atoms with Crippen molar-refractivity contribution in [3.8, 4) is 11.8 Å². The fourth-order valence-corrected chi connectivity index (χ4v) is 3.23. The Labute approximate surface area is 140 Å². The van der Waals surface area contributed by atoms with Crippen LogP contribution in [0.4, 0.5) is 4.39 Å². The summed E-state index contributed by atoms with van der Waals surface area (Å²) in [4.78, 5) is 2.04. The molecule has 0 unspecified atom stereocenters. The fraction of sp³-hybridized carbons (Fsp3) is 0.316. The fourth-order valence-electron chi connectivity index (χ4n) is 3.23. The molecule has 1 saturated heterocycles. The Morgan fingerprint density at radius 3 is 2.92 bits per heavy atom. The number of benzene rings is 2. The highest BCUT2D eigenvalue weighted by atomic mass is 19.1. The van der Waals surface area contributed by atoms with E-state index in [2.05, 4.69) is 0 Å². The van der Waals surface area contributed by atoms with Crippen molar-refractivity contribution >= 4 is 0 Å². The molecule has 4 nitrogen and oxygen atoms in total. The van der Waals surface area contributed by atoms with Crippen LogP contribution in [-0.4, -0.2) is 29.8 Å². The van der Waals surface area contributed by atoms with Crippen LogP contribution in [0.1, 0.15) is 29.2 Å². The second kappa shape index (κ2) is 7.00. The van der Waals surface area contributed by atoms with Gasteiger partial charge in [0.25, 0.3) is 0 Å². The van der Waals surface area contributed by atoms with Gasteiger partial charge < -0.3 is 9.84 Å². The Kier molecular flexibility index (Phi) is 4.79. The molecule has 0 aromatic heterocycles. The molecule has 0 amide bonds. The molecule has 1 N–H and O–H groups in total. The van der Waals surface area contributed by atoms with Crippen molar-refractivity contribution < 1.29 is 14.2 Å². The number of hydrogen-bond acceptors (Lipinski definition) is 4. The molecule has 124 valence electrons. The standard InChI is InChI=1S/C19H19FN2O2/c1-24-17-4-2-3-14(8-17)19-9-16(23)12-22(19)11-15-7-13(10-21)5-6-18(15)20/h2-8,16,19,23H,9,11-12H2,1H3/t16-,19+/m0/s1. The van der Waals surface area contributed by atoms with Gasteiger partial charge in [0.1, 0.15) is 11.6 Å². The van der Waals surface area contributed by atoms with Crippen LogP contribution in [0, 0.1) is 17.1 Å². The van der Waals surface area contributed by atoms with Gasteiger partial charge in [-0.05, 0) is 42.3 Å². The minimum absolute atomic E-state index is 0.0137. The van der Waals surface area contributed by atoms with E-state index in [9.17, 15) is 9.50 Å². The van der Waals surface area contributed by atoms with E-state index in [1.807, 2.05) is 35.2 Å². The van der Waals surface area contributed by atoms with Crippen molar-refractivity contribution in [1.82, 2.24) is 4.90 Å². The van der Waals surface area contributed by atoms with Crippen LogP contribution in [0.15, 0.2) is 42.5 Å². The van der Waals surface area contributed by atoms with Crippen LogP contribution in [0.2, 0.25) is 0 Å². The maximum absolute atomic E-state index is 14.1. The molecule has 24 heavy (non-hydrogen) atoms. The van der Waals surface area contributed by atoms with Gasteiger partial charge in [-0.2, -0.15) is 5.26 Å². The zero-order chi connectivity index (χ0) is 17.1. The topological polar surface area (TPSA) is 56.5 Å². The van der Waals surface area contributed by atoms with Gasteiger partial charge in [-0.25, -0.2) is 4.39 Å². The molecule has 5 heteroatoms. The second-order valence-electron chi connectivity index (χ2n) is 6.03. The van der Waals surface area contributed by atoms with Crippen LogP contribution in [0.25, 0.3) is 0 Å². The summed E-state index contributed by atoms with van der Waals surface area (Å²) < 4.78 is 19.4. The first kappa shape index (κ1) is 16.4. The molecule has 1 aliphatic rings. The second-order valence-corrected chi connectivity index (χ2v) is 6.03. The van der Waals surface area contributed by atoms with Crippen LogP contribution in [0.5, 0.6) is 5.75 Å². The quantitative estimate of drug-likeness (QED) is 0.938. The average Bonchev–Trinajstić information content (AvgIpc) is 2.97. The summed E-state index contributed by atoms with van der Waals surface area (Å²) in [5, 5.41) is 19.1. The van der Waals surface area contributed by atoms with Crippen LogP contribution in [0.3, 0.4) is 0 Å².